The summed E-state index contributed by atoms with van der Waals surface area (Å²) in [7, 11) is 1.93. The number of carbonyl (C=O) groups is 1. The fourth-order valence-electron chi connectivity index (χ4n) is 1.25. The zero-order valence-electron chi connectivity index (χ0n) is 9.23. The van der Waals surface area contributed by atoms with E-state index >= 15 is 0 Å². The van der Waals surface area contributed by atoms with E-state index in [1.165, 1.54) is 0 Å². The molecular weight excluding hydrogens is 192 g/mol. The Balaban J connectivity index is 2.28. The average molecular weight is 210 g/mol. The molecule has 1 amide bonds. The number of aromatic nitrogens is 2. The van der Waals surface area contributed by atoms with Gasteiger partial charge in [0, 0.05) is 32.4 Å². The number of nitrogens with one attached hydrogen (secondary N) is 1. The van der Waals surface area contributed by atoms with Crippen LogP contribution in [0.2, 0.25) is 0 Å². The fraction of sp³-hybridized carbons (Fsp3) is 0.600. The predicted octanol–water partition coefficient (Wildman–Crippen LogP) is -0.184. The van der Waals surface area contributed by atoms with Gasteiger partial charge in [-0.1, -0.05) is 6.92 Å². The molecule has 1 aromatic rings. The number of hydrogen-bond donors (Lipinski definition) is 2. The first-order valence-corrected chi connectivity index (χ1v) is 5.14. The number of imidazole rings is 1. The summed E-state index contributed by atoms with van der Waals surface area (Å²) < 4.78 is 1.94. The Hall–Kier alpha value is -1.36. The zero-order chi connectivity index (χ0) is 11.3. The van der Waals surface area contributed by atoms with Gasteiger partial charge in [-0.15, -0.1) is 0 Å². The van der Waals surface area contributed by atoms with Crippen LogP contribution in [0, 0.1) is 0 Å². The number of aryl methyl sites for hydroxylation is 1. The summed E-state index contributed by atoms with van der Waals surface area (Å²) in [5.41, 5.74) is 5.57. The largest absolute Gasteiger partial charge is 0.354 e. The minimum absolute atomic E-state index is 0.0910. The van der Waals surface area contributed by atoms with E-state index in [0.29, 0.717) is 13.0 Å². The van der Waals surface area contributed by atoms with Crippen LogP contribution in [0.1, 0.15) is 19.2 Å². The van der Waals surface area contributed by atoms with Gasteiger partial charge in [0.15, 0.2) is 0 Å². The van der Waals surface area contributed by atoms with E-state index in [4.69, 9.17) is 5.73 Å². The number of amides is 1. The number of nitrogens with two attached hydrogens (primary N) is 1. The van der Waals surface area contributed by atoms with E-state index in [0.717, 1.165) is 12.2 Å². The van der Waals surface area contributed by atoms with Gasteiger partial charge in [0.2, 0.25) is 5.91 Å². The normalized spacial score (nSPS) is 12.5. The molecule has 0 spiro atoms. The van der Waals surface area contributed by atoms with Gasteiger partial charge in [-0.3, -0.25) is 4.79 Å². The Labute approximate surface area is 89.7 Å². The Kier molecular flexibility index (Phi) is 4.30. The van der Waals surface area contributed by atoms with Crippen molar-refractivity contribution < 1.29 is 4.79 Å². The molecule has 1 heterocycles. The van der Waals surface area contributed by atoms with Crippen LogP contribution in [0.25, 0.3) is 0 Å². The molecule has 15 heavy (non-hydrogen) atoms. The molecule has 0 radical (unpaired) electrons. The number of hydrogen-bond acceptors (Lipinski definition) is 3. The minimum atomic E-state index is -0.397. The monoisotopic (exact) mass is 210 g/mol. The summed E-state index contributed by atoms with van der Waals surface area (Å²) in [6.07, 6.45) is 5.02. The molecule has 5 nitrogen and oxygen atoms in total. The highest BCUT2D eigenvalue weighted by Gasteiger charge is 2.09. The first kappa shape index (κ1) is 11.7. The maximum atomic E-state index is 11.3. The molecule has 0 saturated carbocycles. The molecule has 1 aromatic heterocycles. The van der Waals surface area contributed by atoms with Gasteiger partial charge in [0.1, 0.15) is 5.82 Å². The van der Waals surface area contributed by atoms with Crippen molar-refractivity contribution in [1.29, 1.82) is 0 Å². The minimum Gasteiger partial charge on any atom is -0.354 e. The van der Waals surface area contributed by atoms with Crippen molar-refractivity contribution in [2.45, 2.75) is 25.8 Å². The molecule has 0 fully saturated rings. The Bertz CT molecular complexity index is 321. The highest BCUT2D eigenvalue weighted by atomic mass is 16.2. The van der Waals surface area contributed by atoms with Gasteiger partial charge in [-0.2, -0.15) is 0 Å². The van der Waals surface area contributed by atoms with Crippen LogP contribution in [0.15, 0.2) is 12.4 Å². The van der Waals surface area contributed by atoms with Crippen molar-refractivity contribution in [2.75, 3.05) is 6.54 Å². The summed E-state index contributed by atoms with van der Waals surface area (Å²) >= 11 is 0. The maximum absolute atomic E-state index is 11.3. The second kappa shape index (κ2) is 5.50. The lowest BCUT2D eigenvalue weighted by Crippen LogP contribution is -2.40. The summed E-state index contributed by atoms with van der Waals surface area (Å²) in [6.45, 7) is 2.47. The topological polar surface area (TPSA) is 72.9 Å². The maximum Gasteiger partial charge on any atom is 0.236 e. The molecule has 1 atom stereocenters. The average Bonchev–Trinajstić information content (AvgIpc) is 2.63. The summed E-state index contributed by atoms with van der Waals surface area (Å²) in [5.74, 6) is 0.868. The zero-order valence-corrected chi connectivity index (χ0v) is 9.23. The third-order valence-electron chi connectivity index (χ3n) is 2.35. The van der Waals surface area contributed by atoms with E-state index in [1.54, 1.807) is 6.20 Å². The van der Waals surface area contributed by atoms with Crippen LogP contribution < -0.4 is 11.1 Å². The Morgan fingerprint density at radius 1 is 1.73 bits per heavy atom. The highest BCUT2D eigenvalue weighted by molar-refractivity contribution is 5.81. The number of nitrogens with zero attached hydrogens (tertiary/aromatic N) is 2. The SMILES string of the molecule is CC[C@H](N)C(=O)NCCc1nccn1C. The Morgan fingerprint density at radius 3 is 3.00 bits per heavy atom. The van der Waals surface area contributed by atoms with Gasteiger partial charge in [0.25, 0.3) is 0 Å². The van der Waals surface area contributed by atoms with Gasteiger partial charge in [-0.05, 0) is 6.42 Å². The number of rotatable bonds is 5. The molecule has 3 N–H and O–H groups in total. The van der Waals surface area contributed by atoms with Gasteiger partial charge in [-0.25, -0.2) is 4.98 Å². The molecule has 1 rings (SSSR count). The van der Waals surface area contributed by atoms with E-state index in [9.17, 15) is 4.79 Å². The summed E-state index contributed by atoms with van der Waals surface area (Å²) in [6, 6.07) is -0.397. The lowest BCUT2D eigenvalue weighted by atomic mass is 10.2. The second-order valence-electron chi connectivity index (χ2n) is 3.51. The van der Waals surface area contributed by atoms with Crippen molar-refractivity contribution in [1.82, 2.24) is 14.9 Å². The third-order valence-corrected chi connectivity index (χ3v) is 2.35. The quantitative estimate of drug-likeness (QED) is 0.708. The van der Waals surface area contributed by atoms with E-state index in [1.807, 2.05) is 24.7 Å². The van der Waals surface area contributed by atoms with Crippen LogP contribution >= 0.6 is 0 Å². The van der Waals surface area contributed by atoms with Crippen LogP contribution in [0.3, 0.4) is 0 Å². The Morgan fingerprint density at radius 2 is 2.47 bits per heavy atom. The molecule has 84 valence electrons. The highest BCUT2D eigenvalue weighted by Crippen LogP contribution is 1.94. The summed E-state index contributed by atoms with van der Waals surface area (Å²) in [4.78, 5) is 15.5. The molecular formula is C10H18N4O. The summed E-state index contributed by atoms with van der Waals surface area (Å²) in [5, 5.41) is 2.78. The van der Waals surface area contributed by atoms with Crippen molar-refractivity contribution in [3.8, 4) is 0 Å². The van der Waals surface area contributed by atoms with E-state index in [-0.39, 0.29) is 5.91 Å². The molecule has 0 aliphatic rings. The lowest BCUT2D eigenvalue weighted by Gasteiger charge is -2.09. The molecule has 0 aliphatic carbocycles. The molecule has 0 aromatic carbocycles. The lowest BCUT2D eigenvalue weighted by molar-refractivity contribution is -0.122. The van der Waals surface area contributed by atoms with Gasteiger partial charge < -0.3 is 15.6 Å². The van der Waals surface area contributed by atoms with Crippen molar-refractivity contribution in [3.05, 3.63) is 18.2 Å². The van der Waals surface area contributed by atoms with Crippen molar-refractivity contribution >= 4 is 5.91 Å². The molecule has 0 aliphatic heterocycles. The van der Waals surface area contributed by atoms with Gasteiger partial charge >= 0.3 is 0 Å². The van der Waals surface area contributed by atoms with Gasteiger partial charge in [0.05, 0.1) is 6.04 Å². The molecule has 0 saturated heterocycles. The smallest absolute Gasteiger partial charge is 0.236 e. The van der Waals surface area contributed by atoms with Crippen LogP contribution in [0.5, 0.6) is 0 Å². The fourth-order valence-corrected chi connectivity index (χ4v) is 1.25. The van der Waals surface area contributed by atoms with Crippen LogP contribution in [-0.4, -0.2) is 28.0 Å². The molecule has 5 heteroatoms. The third kappa shape index (κ3) is 3.36. The standard InChI is InChI=1S/C10H18N4O/c1-3-8(11)10(15)13-5-4-9-12-6-7-14(9)2/h6-8H,3-5,11H2,1-2H3,(H,13,15)/t8-/m0/s1. The van der Waals surface area contributed by atoms with Crippen molar-refractivity contribution in [3.63, 3.8) is 0 Å². The van der Waals surface area contributed by atoms with Crippen LogP contribution in [0.4, 0.5) is 0 Å². The second-order valence-corrected chi connectivity index (χ2v) is 3.51. The van der Waals surface area contributed by atoms with E-state index in [2.05, 4.69) is 10.3 Å². The number of carbonyl (C=O) groups excluding carboxylic acids is 1. The first-order chi connectivity index (χ1) is 7.15. The van der Waals surface area contributed by atoms with Crippen LogP contribution in [-0.2, 0) is 18.3 Å². The molecule has 0 unspecified atom stereocenters. The predicted molar refractivity (Wildman–Crippen MR) is 58.2 cm³/mol. The van der Waals surface area contributed by atoms with Crippen molar-refractivity contribution in [2.24, 2.45) is 12.8 Å². The van der Waals surface area contributed by atoms with E-state index < -0.39 is 6.04 Å². The molecule has 0 bridgehead atoms. The first-order valence-electron chi connectivity index (χ1n) is 5.14.